The Morgan fingerprint density at radius 3 is 3.11 bits per heavy atom. The molecule has 1 aliphatic heterocycles. The summed E-state index contributed by atoms with van der Waals surface area (Å²) in [5, 5.41) is 2.89. The summed E-state index contributed by atoms with van der Waals surface area (Å²) < 4.78 is 5.51. The van der Waals surface area contributed by atoms with Gasteiger partial charge in [-0.2, -0.15) is 12.1 Å². The van der Waals surface area contributed by atoms with Gasteiger partial charge in [0.05, 0.1) is 13.2 Å². The van der Waals surface area contributed by atoms with Gasteiger partial charge in [0, 0.05) is 18.3 Å². The van der Waals surface area contributed by atoms with Crippen LogP contribution >= 0.6 is 0 Å². The van der Waals surface area contributed by atoms with Gasteiger partial charge in [0.15, 0.2) is 0 Å². The van der Waals surface area contributed by atoms with Gasteiger partial charge in [0.2, 0.25) is 5.91 Å². The summed E-state index contributed by atoms with van der Waals surface area (Å²) >= 11 is 0. The predicted molar refractivity (Wildman–Crippen MR) is 66.3 cm³/mol. The van der Waals surface area contributed by atoms with E-state index < -0.39 is 0 Å². The van der Waals surface area contributed by atoms with Crippen LogP contribution in [0.2, 0.25) is 0 Å². The Hall–Kier alpha value is -0.0736. The Morgan fingerprint density at radius 2 is 2.39 bits per heavy atom. The molecule has 1 heterocycles. The minimum atomic E-state index is 0. The Labute approximate surface area is 150 Å². The van der Waals surface area contributed by atoms with Crippen molar-refractivity contribution in [2.24, 2.45) is 0 Å². The van der Waals surface area contributed by atoms with Gasteiger partial charge in [-0.25, -0.2) is 0 Å². The van der Waals surface area contributed by atoms with E-state index in [1.165, 1.54) is 0 Å². The standard InChI is InChI=1S/C13H17N2O2.K/c1-10(2)14-13(16)9-15-7-8-17-12-6-4-3-5-11(12)15;/h3,5-6,10H,7-9H2,1-2H3,(H,14,16);/q-1;+1. The van der Waals surface area contributed by atoms with Crippen LogP contribution in [-0.2, 0) is 4.79 Å². The van der Waals surface area contributed by atoms with Crippen LogP contribution < -0.4 is 66.3 Å². The smallest absolute Gasteiger partial charge is 0.547 e. The van der Waals surface area contributed by atoms with Crippen molar-refractivity contribution < 1.29 is 60.9 Å². The van der Waals surface area contributed by atoms with Crippen molar-refractivity contribution in [3.8, 4) is 5.75 Å². The van der Waals surface area contributed by atoms with Crippen LogP contribution in [0.15, 0.2) is 18.2 Å². The molecule has 92 valence electrons. The Morgan fingerprint density at radius 1 is 1.61 bits per heavy atom. The van der Waals surface area contributed by atoms with Gasteiger partial charge >= 0.3 is 51.4 Å². The third-order valence-corrected chi connectivity index (χ3v) is 2.55. The second-order valence-electron chi connectivity index (χ2n) is 4.39. The van der Waals surface area contributed by atoms with E-state index in [2.05, 4.69) is 11.4 Å². The summed E-state index contributed by atoms with van der Waals surface area (Å²) in [5.41, 5.74) is 0.967. The van der Waals surface area contributed by atoms with E-state index in [0.717, 1.165) is 18.0 Å². The Balaban J connectivity index is 0.00000162. The molecule has 1 aromatic rings. The van der Waals surface area contributed by atoms with E-state index in [1.807, 2.05) is 36.9 Å². The molecular weight excluding hydrogens is 255 g/mol. The van der Waals surface area contributed by atoms with Crippen LogP contribution in [0, 0.1) is 6.07 Å². The van der Waals surface area contributed by atoms with Crippen LogP contribution in [0.25, 0.3) is 0 Å². The average molecular weight is 272 g/mol. The molecule has 1 aromatic carbocycles. The van der Waals surface area contributed by atoms with Gasteiger partial charge in [0.1, 0.15) is 0 Å². The first-order chi connectivity index (χ1) is 8.16. The molecule has 0 spiro atoms. The van der Waals surface area contributed by atoms with Gasteiger partial charge in [-0.15, -0.1) is 12.1 Å². The Kier molecular flexibility index (Phi) is 6.66. The van der Waals surface area contributed by atoms with Crippen molar-refractivity contribution in [3.63, 3.8) is 0 Å². The fraction of sp³-hybridized carbons (Fsp3) is 0.462. The summed E-state index contributed by atoms with van der Waals surface area (Å²) in [4.78, 5) is 13.8. The summed E-state index contributed by atoms with van der Waals surface area (Å²) in [6, 6.07) is 8.72. The van der Waals surface area contributed by atoms with Crippen LogP contribution in [0.5, 0.6) is 5.75 Å². The number of fused-ring (bicyclic) bond motifs is 1. The maximum atomic E-state index is 11.7. The van der Waals surface area contributed by atoms with Crippen LogP contribution in [0.1, 0.15) is 13.8 Å². The van der Waals surface area contributed by atoms with Crippen LogP contribution in [0.3, 0.4) is 0 Å². The molecule has 0 saturated heterocycles. The van der Waals surface area contributed by atoms with Gasteiger partial charge in [-0.3, -0.25) is 4.79 Å². The number of hydrogen-bond donors (Lipinski definition) is 1. The molecule has 18 heavy (non-hydrogen) atoms. The molecule has 0 aliphatic carbocycles. The van der Waals surface area contributed by atoms with Gasteiger partial charge in [-0.1, -0.05) is 0 Å². The Bertz CT molecular complexity index is 410. The summed E-state index contributed by atoms with van der Waals surface area (Å²) in [6.45, 7) is 5.64. The SMILES string of the molecule is CC(C)NC(=O)CN1CCOc2c[c-]ccc21.[K+]. The van der Waals surface area contributed by atoms with Gasteiger partial charge in [0.25, 0.3) is 0 Å². The van der Waals surface area contributed by atoms with Gasteiger partial charge < -0.3 is 15.0 Å². The van der Waals surface area contributed by atoms with Gasteiger partial charge in [-0.05, 0) is 19.5 Å². The molecule has 0 aromatic heterocycles. The number of nitrogens with one attached hydrogen (secondary N) is 1. The molecule has 0 unspecified atom stereocenters. The third-order valence-electron chi connectivity index (χ3n) is 2.55. The van der Waals surface area contributed by atoms with E-state index in [-0.39, 0.29) is 63.3 Å². The molecule has 0 atom stereocenters. The number of hydrogen-bond acceptors (Lipinski definition) is 3. The summed E-state index contributed by atoms with van der Waals surface area (Å²) in [6.07, 6.45) is 0. The van der Waals surface area contributed by atoms with Crippen LogP contribution in [-0.4, -0.2) is 31.6 Å². The molecule has 0 saturated carbocycles. The quantitative estimate of drug-likeness (QED) is 0.522. The molecule has 1 amide bonds. The number of anilines is 1. The number of ether oxygens (including phenoxy) is 1. The number of benzene rings is 1. The molecule has 1 aliphatic rings. The fourth-order valence-corrected chi connectivity index (χ4v) is 1.88. The second-order valence-corrected chi connectivity index (χ2v) is 4.39. The fourth-order valence-electron chi connectivity index (χ4n) is 1.88. The van der Waals surface area contributed by atoms with Crippen LogP contribution in [0.4, 0.5) is 5.69 Å². The maximum Gasteiger partial charge on any atom is 1.00 e. The molecular formula is C13H17KN2O2. The zero-order valence-corrected chi connectivity index (χ0v) is 14.3. The molecule has 2 rings (SSSR count). The van der Waals surface area contributed by atoms with Crippen molar-refractivity contribution in [3.05, 3.63) is 24.3 Å². The maximum absolute atomic E-state index is 11.7. The first kappa shape index (κ1) is 16.0. The first-order valence-electron chi connectivity index (χ1n) is 5.84. The van der Waals surface area contributed by atoms with Crippen molar-refractivity contribution in [1.82, 2.24) is 5.32 Å². The minimum absolute atomic E-state index is 0. The van der Waals surface area contributed by atoms with Crippen molar-refractivity contribution in [2.45, 2.75) is 19.9 Å². The van der Waals surface area contributed by atoms with E-state index in [0.29, 0.717) is 13.2 Å². The number of carbonyl (C=O) groups excluding carboxylic acids is 1. The van der Waals surface area contributed by atoms with Crippen molar-refractivity contribution in [1.29, 1.82) is 0 Å². The minimum Gasteiger partial charge on any atom is -0.547 e. The monoisotopic (exact) mass is 272 g/mol. The number of nitrogens with zero attached hydrogens (tertiary/aromatic N) is 1. The van der Waals surface area contributed by atoms with E-state index in [9.17, 15) is 4.79 Å². The number of amides is 1. The first-order valence-corrected chi connectivity index (χ1v) is 5.84. The molecule has 0 radical (unpaired) electrons. The topological polar surface area (TPSA) is 41.6 Å². The van der Waals surface area contributed by atoms with E-state index in [4.69, 9.17) is 4.74 Å². The van der Waals surface area contributed by atoms with Crippen molar-refractivity contribution >= 4 is 11.6 Å². The average Bonchev–Trinajstić information content (AvgIpc) is 2.28. The molecule has 0 bridgehead atoms. The summed E-state index contributed by atoms with van der Waals surface area (Å²) in [7, 11) is 0. The van der Waals surface area contributed by atoms with E-state index >= 15 is 0 Å². The normalized spacial score (nSPS) is 13.4. The zero-order chi connectivity index (χ0) is 12.3. The molecule has 1 N–H and O–H groups in total. The summed E-state index contributed by atoms with van der Waals surface area (Å²) in [5.74, 6) is 0.844. The zero-order valence-electron chi connectivity index (χ0n) is 11.2. The predicted octanol–water partition coefficient (Wildman–Crippen LogP) is -1.79. The largest absolute Gasteiger partial charge is 1.00 e. The molecule has 0 fully saturated rings. The number of rotatable bonds is 3. The molecule has 5 heteroatoms. The van der Waals surface area contributed by atoms with Crippen molar-refractivity contribution in [2.75, 3.05) is 24.6 Å². The number of carbonyl (C=O) groups is 1. The molecule has 4 nitrogen and oxygen atoms in total. The van der Waals surface area contributed by atoms with E-state index in [1.54, 1.807) is 0 Å². The second kappa shape index (κ2) is 7.50. The third kappa shape index (κ3) is 4.24.